The first-order valence-electron chi connectivity index (χ1n) is 10.0. The molecule has 0 spiro atoms. The van der Waals surface area contributed by atoms with Gasteiger partial charge in [0.05, 0.1) is 20.2 Å². The van der Waals surface area contributed by atoms with E-state index < -0.39 is 0 Å². The van der Waals surface area contributed by atoms with E-state index in [0.717, 1.165) is 17.7 Å². The van der Waals surface area contributed by atoms with Crippen LogP contribution in [-0.2, 0) is 9.59 Å². The van der Waals surface area contributed by atoms with Gasteiger partial charge in [0, 0.05) is 17.4 Å². The zero-order chi connectivity index (χ0) is 21.2. The lowest BCUT2D eigenvalue weighted by Crippen LogP contribution is -2.38. The zero-order valence-corrected chi connectivity index (χ0v) is 17.7. The molecule has 0 unspecified atom stereocenters. The Balaban J connectivity index is 1.93. The second kappa shape index (κ2) is 11.2. The van der Waals surface area contributed by atoms with Crippen LogP contribution in [-0.4, -0.2) is 43.5 Å². The molecule has 2 aromatic rings. The number of carbonyl (C=O) groups is 2. The van der Waals surface area contributed by atoms with Crippen molar-refractivity contribution in [2.24, 2.45) is 0 Å². The Morgan fingerprint density at radius 3 is 2.34 bits per heavy atom. The van der Waals surface area contributed by atoms with Gasteiger partial charge < -0.3 is 15.4 Å². The third-order valence-corrected chi connectivity index (χ3v) is 4.91. The Morgan fingerprint density at radius 1 is 1.00 bits per heavy atom. The number of methoxy groups -OCH3 is 1. The van der Waals surface area contributed by atoms with E-state index in [1.807, 2.05) is 43.3 Å². The van der Waals surface area contributed by atoms with Gasteiger partial charge >= 0.3 is 0 Å². The van der Waals surface area contributed by atoms with Crippen LogP contribution in [0.1, 0.15) is 38.7 Å². The largest absolute Gasteiger partial charge is 0.497 e. The second-order valence-electron chi connectivity index (χ2n) is 7.03. The first kappa shape index (κ1) is 22.4. The summed E-state index contributed by atoms with van der Waals surface area (Å²) in [7, 11) is 1.58. The van der Waals surface area contributed by atoms with E-state index >= 15 is 0 Å². The van der Waals surface area contributed by atoms with Crippen molar-refractivity contribution in [1.82, 2.24) is 4.90 Å². The van der Waals surface area contributed by atoms with E-state index in [1.165, 1.54) is 0 Å². The molecule has 0 bridgehead atoms. The van der Waals surface area contributed by atoms with Gasteiger partial charge in [0.1, 0.15) is 5.75 Å². The minimum atomic E-state index is -0.173. The molecule has 156 valence electrons. The summed E-state index contributed by atoms with van der Waals surface area (Å²) in [5.41, 5.74) is 2.63. The summed E-state index contributed by atoms with van der Waals surface area (Å²) < 4.78 is 5.17. The van der Waals surface area contributed by atoms with Crippen LogP contribution in [0.25, 0.3) is 0 Å². The first-order valence-corrected chi connectivity index (χ1v) is 10.0. The predicted octanol–water partition coefficient (Wildman–Crippen LogP) is 4.11. The van der Waals surface area contributed by atoms with Crippen LogP contribution < -0.4 is 15.4 Å². The summed E-state index contributed by atoms with van der Waals surface area (Å²) in [5.74, 6) is 0.738. The number of hydrogen-bond donors (Lipinski definition) is 2. The molecule has 6 heteroatoms. The van der Waals surface area contributed by atoms with Crippen molar-refractivity contribution in [3.8, 4) is 5.75 Å². The summed E-state index contributed by atoms with van der Waals surface area (Å²) in [6, 6.07) is 15.1. The lowest BCUT2D eigenvalue weighted by atomic mass is 9.97. The van der Waals surface area contributed by atoms with Crippen molar-refractivity contribution in [2.75, 3.05) is 37.4 Å². The summed E-state index contributed by atoms with van der Waals surface area (Å²) in [5, 5.41) is 5.84. The molecule has 0 aliphatic rings. The van der Waals surface area contributed by atoms with Crippen molar-refractivity contribution >= 4 is 23.2 Å². The fourth-order valence-electron chi connectivity index (χ4n) is 3.04. The number of likely N-dealkylation sites (N-methyl/N-ethyl adjacent to an activating group) is 1. The molecule has 0 heterocycles. The Morgan fingerprint density at radius 2 is 1.69 bits per heavy atom. The highest BCUT2D eigenvalue weighted by molar-refractivity contribution is 5.95. The lowest BCUT2D eigenvalue weighted by Gasteiger charge is -2.21. The molecule has 0 aromatic heterocycles. The van der Waals surface area contributed by atoms with E-state index in [9.17, 15) is 9.59 Å². The number of nitrogens with one attached hydrogen (secondary N) is 2. The number of ether oxygens (including phenoxy) is 1. The summed E-state index contributed by atoms with van der Waals surface area (Å²) in [6.45, 7) is 7.07. The van der Waals surface area contributed by atoms with Crippen LogP contribution in [0.4, 0.5) is 11.4 Å². The van der Waals surface area contributed by atoms with Gasteiger partial charge in [-0.1, -0.05) is 45.0 Å². The molecule has 2 amide bonds. The maximum absolute atomic E-state index is 12.6. The standard InChI is InChI=1S/C23H31N3O3/c1-5-17(3)20-12-7-8-13-21(20)25-23(28)16-26(6-2)15-22(27)24-18-10-9-11-19(14-18)29-4/h7-14,17H,5-6,15-16H2,1-4H3,(H,24,27)(H,25,28)/t17-/m0/s1. The topological polar surface area (TPSA) is 70.7 Å². The van der Waals surface area contributed by atoms with Gasteiger partial charge in [-0.3, -0.25) is 14.5 Å². The normalized spacial score (nSPS) is 11.8. The Kier molecular flexibility index (Phi) is 8.68. The number of para-hydroxylation sites is 1. The van der Waals surface area contributed by atoms with Gasteiger partial charge in [-0.25, -0.2) is 0 Å². The highest BCUT2D eigenvalue weighted by atomic mass is 16.5. The second-order valence-corrected chi connectivity index (χ2v) is 7.03. The molecule has 2 N–H and O–H groups in total. The fourth-order valence-corrected chi connectivity index (χ4v) is 3.04. The van der Waals surface area contributed by atoms with Gasteiger partial charge in [0.2, 0.25) is 11.8 Å². The maximum atomic E-state index is 12.6. The first-order chi connectivity index (χ1) is 14.0. The molecular weight excluding hydrogens is 366 g/mol. The Hall–Kier alpha value is -2.86. The fraction of sp³-hybridized carbons (Fsp3) is 0.391. The predicted molar refractivity (Wildman–Crippen MR) is 118 cm³/mol. The van der Waals surface area contributed by atoms with Crippen LogP contribution in [0.5, 0.6) is 5.75 Å². The smallest absolute Gasteiger partial charge is 0.238 e. The number of carbonyl (C=O) groups excluding carboxylic acids is 2. The van der Waals surface area contributed by atoms with Crippen LogP contribution in [0, 0.1) is 0 Å². The molecular formula is C23H31N3O3. The molecule has 0 aliphatic carbocycles. The number of hydrogen-bond acceptors (Lipinski definition) is 4. The average molecular weight is 398 g/mol. The monoisotopic (exact) mass is 397 g/mol. The molecule has 2 rings (SSSR count). The Bertz CT molecular complexity index is 823. The van der Waals surface area contributed by atoms with Gasteiger partial charge in [-0.2, -0.15) is 0 Å². The van der Waals surface area contributed by atoms with Crippen LogP contribution in [0.2, 0.25) is 0 Å². The van der Waals surface area contributed by atoms with E-state index in [-0.39, 0.29) is 24.9 Å². The van der Waals surface area contributed by atoms with Gasteiger partial charge in [0.15, 0.2) is 0 Å². The van der Waals surface area contributed by atoms with Gasteiger partial charge in [-0.05, 0) is 42.6 Å². The zero-order valence-electron chi connectivity index (χ0n) is 17.7. The minimum absolute atomic E-state index is 0.128. The number of anilines is 2. The molecule has 6 nitrogen and oxygen atoms in total. The van der Waals surface area contributed by atoms with E-state index in [1.54, 1.807) is 24.1 Å². The third-order valence-electron chi connectivity index (χ3n) is 4.91. The molecule has 0 fully saturated rings. The molecule has 2 aromatic carbocycles. The van der Waals surface area contributed by atoms with E-state index in [2.05, 4.69) is 24.5 Å². The minimum Gasteiger partial charge on any atom is -0.497 e. The van der Waals surface area contributed by atoms with Crippen LogP contribution in [0.3, 0.4) is 0 Å². The summed E-state index contributed by atoms with van der Waals surface area (Å²) >= 11 is 0. The molecule has 0 saturated carbocycles. The number of nitrogens with zero attached hydrogens (tertiary/aromatic N) is 1. The summed E-state index contributed by atoms with van der Waals surface area (Å²) in [4.78, 5) is 26.7. The highest BCUT2D eigenvalue weighted by Gasteiger charge is 2.16. The van der Waals surface area contributed by atoms with Gasteiger partial charge in [-0.15, -0.1) is 0 Å². The number of amides is 2. The molecule has 1 atom stereocenters. The highest BCUT2D eigenvalue weighted by Crippen LogP contribution is 2.26. The maximum Gasteiger partial charge on any atom is 0.238 e. The van der Waals surface area contributed by atoms with Crippen molar-refractivity contribution in [3.63, 3.8) is 0 Å². The molecule has 0 saturated heterocycles. The SMILES string of the molecule is CC[C@H](C)c1ccccc1NC(=O)CN(CC)CC(=O)Nc1cccc(OC)c1. The quantitative estimate of drug-likeness (QED) is 0.633. The number of benzene rings is 2. The molecule has 0 aliphatic heterocycles. The lowest BCUT2D eigenvalue weighted by molar-refractivity contribution is -0.119. The Labute approximate surface area is 173 Å². The summed E-state index contributed by atoms with van der Waals surface area (Å²) in [6.07, 6.45) is 0.998. The number of rotatable bonds is 10. The van der Waals surface area contributed by atoms with Crippen molar-refractivity contribution < 1.29 is 14.3 Å². The molecule has 29 heavy (non-hydrogen) atoms. The van der Waals surface area contributed by atoms with Crippen molar-refractivity contribution in [1.29, 1.82) is 0 Å². The van der Waals surface area contributed by atoms with E-state index in [0.29, 0.717) is 23.9 Å². The average Bonchev–Trinajstić information content (AvgIpc) is 2.73. The molecule has 0 radical (unpaired) electrons. The van der Waals surface area contributed by atoms with Crippen molar-refractivity contribution in [2.45, 2.75) is 33.1 Å². The third kappa shape index (κ3) is 6.91. The van der Waals surface area contributed by atoms with Crippen LogP contribution >= 0.6 is 0 Å². The van der Waals surface area contributed by atoms with Gasteiger partial charge in [0.25, 0.3) is 0 Å². The van der Waals surface area contributed by atoms with Crippen molar-refractivity contribution in [3.05, 3.63) is 54.1 Å². The van der Waals surface area contributed by atoms with Crippen LogP contribution in [0.15, 0.2) is 48.5 Å². The van der Waals surface area contributed by atoms with E-state index in [4.69, 9.17) is 4.74 Å².